The molecule has 0 aliphatic carbocycles. The second-order valence-corrected chi connectivity index (χ2v) is 15.8. The highest BCUT2D eigenvalue weighted by molar-refractivity contribution is 8.16. The fourth-order valence-electron chi connectivity index (χ4n) is 4.28. The van der Waals surface area contributed by atoms with E-state index in [-0.39, 0.29) is 28.0 Å². The molecule has 5 nitrogen and oxygen atoms in total. The van der Waals surface area contributed by atoms with Gasteiger partial charge in [0, 0.05) is 32.0 Å². The first kappa shape index (κ1) is 33.0. The van der Waals surface area contributed by atoms with Gasteiger partial charge in [-0.3, -0.25) is 9.59 Å². The van der Waals surface area contributed by atoms with Gasteiger partial charge in [-0.1, -0.05) is 106 Å². The minimum Gasteiger partial charge on any atom is -0.469 e. The summed E-state index contributed by atoms with van der Waals surface area (Å²) in [5.74, 6) is 1.24. The third-order valence-electron chi connectivity index (χ3n) is 6.47. The van der Waals surface area contributed by atoms with Gasteiger partial charge in [0.2, 0.25) is 5.91 Å². The van der Waals surface area contributed by atoms with Crippen molar-refractivity contribution < 1.29 is 18.8 Å². The van der Waals surface area contributed by atoms with Crippen molar-refractivity contribution in [3.8, 4) is 0 Å². The van der Waals surface area contributed by atoms with E-state index in [1.165, 1.54) is 17.5 Å². The van der Waals surface area contributed by atoms with Gasteiger partial charge in [-0.15, -0.1) is 23.5 Å². The fourth-order valence-corrected chi connectivity index (χ4v) is 9.25. The average molecular weight is 609 g/mol. The highest BCUT2D eigenvalue weighted by Crippen LogP contribution is 2.43. The first-order valence-corrected chi connectivity index (χ1v) is 17.3. The zero-order valence-electron chi connectivity index (χ0n) is 25.0. The molecule has 1 amide bonds. The van der Waals surface area contributed by atoms with Crippen LogP contribution in [0, 0.1) is 5.41 Å². The number of esters is 1. The Labute approximate surface area is 256 Å². The van der Waals surface area contributed by atoms with Gasteiger partial charge in [-0.05, 0) is 26.9 Å². The highest BCUT2D eigenvalue weighted by Gasteiger charge is 2.33. The maximum Gasteiger partial charge on any atom is 0.306 e. The lowest BCUT2D eigenvalue weighted by Crippen LogP contribution is -2.47. The van der Waals surface area contributed by atoms with Crippen LogP contribution in [0.1, 0.15) is 55.4 Å². The molecule has 1 radical (unpaired) electrons. The molecule has 0 spiro atoms. The number of ether oxygens (including phenoxy) is 1. The van der Waals surface area contributed by atoms with Gasteiger partial charge in [0.05, 0.1) is 24.2 Å². The van der Waals surface area contributed by atoms with Crippen molar-refractivity contribution in [2.75, 3.05) is 32.7 Å². The van der Waals surface area contributed by atoms with Gasteiger partial charge in [0.1, 0.15) is 0 Å². The smallest absolute Gasteiger partial charge is 0.306 e. The van der Waals surface area contributed by atoms with E-state index in [1.54, 1.807) is 42.5 Å². The molecule has 0 saturated heterocycles. The van der Waals surface area contributed by atoms with Crippen molar-refractivity contribution in [3.63, 3.8) is 0 Å². The molecular formula is C33H42NO4S2Si. The number of hydrogen-bond donors (Lipinski definition) is 0. The minimum atomic E-state index is -1.52. The van der Waals surface area contributed by atoms with E-state index in [9.17, 15) is 9.59 Å². The van der Waals surface area contributed by atoms with E-state index in [0.717, 1.165) is 11.1 Å². The summed E-state index contributed by atoms with van der Waals surface area (Å²) in [7, 11) is 3.47. The zero-order valence-corrected chi connectivity index (χ0v) is 27.6. The molecule has 0 saturated carbocycles. The molecule has 0 aliphatic heterocycles. The van der Waals surface area contributed by atoms with Crippen LogP contribution in [-0.2, 0) is 18.8 Å². The Kier molecular flexibility index (Phi) is 13.0. The lowest BCUT2D eigenvalue weighted by Gasteiger charge is -2.35. The largest absolute Gasteiger partial charge is 0.469 e. The molecule has 41 heavy (non-hydrogen) atoms. The van der Waals surface area contributed by atoms with Crippen LogP contribution in [0.2, 0.25) is 0 Å². The number of thioether (sulfide) groups is 2. The van der Waals surface area contributed by atoms with Gasteiger partial charge in [-0.2, -0.15) is 0 Å². The number of amides is 1. The number of benzene rings is 3. The van der Waals surface area contributed by atoms with Crippen LogP contribution in [0.15, 0.2) is 84.9 Å². The molecule has 219 valence electrons. The number of carbonyl (C=O) groups is 2. The summed E-state index contributed by atoms with van der Waals surface area (Å²) in [6.45, 7) is 6.68. The van der Waals surface area contributed by atoms with Crippen LogP contribution in [0.25, 0.3) is 0 Å². The second kappa shape index (κ2) is 16.2. The molecular weight excluding hydrogens is 567 g/mol. The van der Waals surface area contributed by atoms with Gasteiger partial charge in [0.25, 0.3) is 9.04 Å². The van der Waals surface area contributed by atoms with Crippen LogP contribution in [0.3, 0.4) is 0 Å². The van der Waals surface area contributed by atoms with Crippen molar-refractivity contribution in [1.82, 2.24) is 4.90 Å². The van der Waals surface area contributed by atoms with E-state index in [4.69, 9.17) is 9.16 Å². The molecule has 0 N–H and O–H groups in total. The zero-order chi connectivity index (χ0) is 29.8. The first-order chi connectivity index (χ1) is 19.6. The predicted molar refractivity (Wildman–Crippen MR) is 175 cm³/mol. The molecule has 0 bridgehead atoms. The molecule has 0 heterocycles. The highest BCUT2D eigenvalue weighted by atomic mass is 32.2. The molecule has 3 aromatic carbocycles. The third-order valence-corrected chi connectivity index (χ3v) is 11.5. The summed E-state index contributed by atoms with van der Waals surface area (Å²) in [6, 6.07) is 29.7. The van der Waals surface area contributed by atoms with Crippen LogP contribution in [0.4, 0.5) is 0 Å². The lowest BCUT2D eigenvalue weighted by atomic mass is 9.84. The van der Waals surface area contributed by atoms with Crippen LogP contribution in [-0.4, -0.2) is 58.5 Å². The van der Waals surface area contributed by atoms with Gasteiger partial charge >= 0.3 is 5.97 Å². The first-order valence-electron chi connectivity index (χ1n) is 13.8. The van der Waals surface area contributed by atoms with E-state index in [2.05, 4.69) is 93.6 Å². The Morgan fingerprint density at radius 2 is 1.34 bits per heavy atom. The summed E-state index contributed by atoms with van der Waals surface area (Å²) in [6.07, 6.45) is 0.680. The third kappa shape index (κ3) is 10.4. The summed E-state index contributed by atoms with van der Waals surface area (Å²) >= 11 is 3.46. The van der Waals surface area contributed by atoms with Gasteiger partial charge < -0.3 is 14.1 Å². The van der Waals surface area contributed by atoms with E-state index in [1.807, 2.05) is 12.1 Å². The molecule has 8 heteroatoms. The van der Waals surface area contributed by atoms with Gasteiger partial charge in [0.15, 0.2) is 0 Å². The molecule has 3 aromatic rings. The number of nitrogens with zero attached hydrogens (tertiary/aromatic N) is 1. The van der Waals surface area contributed by atoms with Crippen LogP contribution < -0.4 is 10.4 Å². The molecule has 2 unspecified atom stereocenters. The molecule has 0 aliphatic rings. The second-order valence-electron chi connectivity index (χ2n) is 11.0. The number of methoxy groups -OCH3 is 1. The standard InChI is InChI=1S/C33H42NO4S2Si/c1-33(2,3)31(38-41(27-16-9-7-10-17-27)28-18-11-8-12-19-28)25-14-13-15-26(24-25)32(40-23-21-30(36)37-6)39-22-20-29(35)34(4)5/h7-19,24,31-32H,20-23H2,1-6H3. The van der Waals surface area contributed by atoms with E-state index >= 15 is 0 Å². The van der Waals surface area contributed by atoms with Crippen LogP contribution >= 0.6 is 23.5 Å². The Morgan fingerprint density at radius 3 is 1.85 bits per heavy atom. The molecule has 0 fully saturated rings. The fraction of sp³-hybridized carbons (Fsp3) is 0.394. The average Bonchev–Trinajstić information content (AvgIpc) is 2.96. The summed E-state index contributed by atoms with van der Waals surface area (Å²) in [4.78, 5) is 25.6. The maximum absolute atomic E-state index is 12.2. The topological polar surface area (TPSA) is 55.8 Å². The quantitative estimate of drug-likeness (QED) is 0.125. The number of rotatable bonds is 14. The predicted octanol–water partition coefficient (Wildman–Crippen LogP) is 6.10. The maximum atomic E-state index is 12.2. The molecule has 0 aromatic heterocycles. The SMILES string of the molecule is COC(=O)CCSC(SCCC(=O)N(C)C)c1cccc(C(O[Si](c2ccccc2)c2ccccc2)C(C)(C)C)c1. The van der Waals surface area contributed by atoms with Crippen molar-refractivity contribution in [2.45, 2.75) is 44.3 Å². The van der Waals surface area contributed by atoms with Crippen molar-refractivity contribution in [2.24, 2.45) is 5.41 Å². The Hall–Kier alpha value is -2.52. The summed E-state index contributed by atoms with van der Waals surface area (Å²) in [5.41, 5.74) is 2.13. The van der Waals surface area contributed by atoms with Crippen molar-refractivity contribution in [1.29, 1.82) is 0 Å². The Morgan fingerprint density at radius 1 is 0.805 bits per heavy atom. The van der Waals surface area contributed by atoms with Crippen molar-refractivity contribution >= 4 is 54.8 Å². The van der Waals surface area contributed by atoms with E-state index < -0.39 is 9.04 Å². The van der Waals surface area contributed by atoms with Crippen molar-refractivity contribution in [3.05, 3.63) is 96.1 Å². The minimum absolute atomic E-state index is 0.0724. The lowest BCUT2D eigenvalue weighted by molar-refractivity contribution is -0.140. The molecule has 3 rings (SSSR count). The normalized spacial score (nSPS) is 13.0. The van der Waals surface area contributed by atoms with E-state index in [0.29, 0.717) is 24.3 Å². The Balaban J connectivity index is 1.92. The number of hydrogen-bond acceptors (Lipinski definition) is 6. The summed E-state index contributed by atoms with van der Waals surface area (Å²) < 4.78 is 12.1. The van der Waals surface area contributed by atoms with Crippen LogP contribution in [0.5, 0.6) is 0 Å². The Bertz CT molecular complexity index is 1200. The monoisotopic (exact) mass is 608 g/mol. The number of carbonyl (C=O) groups excluding carboxylic acids is 2. The molecule has 2 atom stereocenters. The van der Waals surface area contributed by atoms with Gasteiger partial charge in [-0.25, -0.2) is 0 Å². The summed E-state index contributed by atoms with van der Waals surface area (Å²) in [5, 5.41) is 2.43.